The molecular formula is C14H22N2. The second kappa shape index (κ2) is 4.19. The Morgan fingerprint density at radius 3 is 2.44 bits per heavy atom. The zero-order valence-electron chi connectivity index (χ0n) is 10.3. The van der Waals surface area contributed by atoms with Crippen LogP contribution in [0.3, 0.4) is 0 Å². The van der Waals surface area contributed by atoms with Crippen LogP contribution < -0.4 is 11.1 Å². The minimum atomic E-state index is 0.104. The number of benzene rings is 1. The zero-order valence-corrected chi connectivity index (χ0v) is 10.3. The Morgan fingerprint density at radius 1 is 1.25 bits per heavy atom. The fourth-order valence-electron chi connectivity index (χ4n) is 1.95. The van der Waals surface area contributed by atoms with E-state index in [1.54, 1.807) is 0 Å². The number of nitrogens with two attached hydrogens (primary N) is 1. The number of nitrogens with one attached hydrogen (secondary N) is 1. The highest BCUT2D eigenvalue weighted by atomic mass is 15.0. The number of hydrogen-bond acceptors (Lipinski definition) is 2. The molecule has 0 unspecified atom stereocenters. The van der Waals surface area contributed by atoms with Gasteiger partial charge in [0.2, 0.25) is 0 Å². The maximum absolute atomic E-state index is 6.05. The van der Waals surface area contributed by atoms with Crippen LogP contribution in [-0.4, -0.2) is 18.6 Å². The van der Waals surface area contributed by atoms with E-state index >= 15 is 0 Å². The maximum atomic E-state index is 6.05. The Hall–Kier alpha value is -0.860. The second-order valence-electron chi connectivity index (χ2n) is 5.72. The summed E-state index contributed by atoms with van der Waals surface area (Å²) in [5.74, 6) is 0. The van der Waals surface area contributed by atoms with E-state index in [9.17, 15) is 0 Å². The molecule has 1 aromatic carbocycles. The van der Waals surface area contributed by atoms with E-state index in [0.717, 1.165) is 13.1 Å². The van der Waals surface area contributed by atoms with Crippen molar-refractivity contribution in [3.63, 3.8) is 0 Å². The summed E-state index contributed by atoms with van der Waals surface area (Å²) >= 11 is 0. The SMILES string of the molecule is CC(C)(CNCC1(N)CC1)c1ccccc1. The van der Waals surface area contributed by atoms with Crippen molar-refractivity contribution < 1.29 is 0 Å². The van der Waals surface area contributed by atoms with Gasteiger partial charge < -0.3 is 11.1 Å². The minimum absolute atomic E-state index is 0.104. The van der Waals surface area contributed by atoms with Crippen LogP contribution in [0.15, 0.2) is 30.3 Å². The standard InChI is InChI=1S/C14H22N2/c1-13(2,12-6-4-3-5-7-12)10-16-11-14(15)8-9-14/h3-7,16H,8-11,15H2,1-2H3. The quantitative estimate of drug-likeness (QED) is 0.794. The molecule has 0 aliphatic heterocycles. The predicted octanol–water partition coefficient (Wildman–Crippen LogP) is 2.05. The average molecular weight is 218 g/mol. The Bertz CT molecular complexity index is 339. The van der Waals surface area contributed by atoms with Crippen molar-refractivity contribution in [1.29, 1.82) is 0 Å². The van der Waals surface area contributed by atoms with E-state index in [0.29, 0.717) is 0 Å². The summed E-state index contributed by atoms with van der Waals surface area (Å²) in [7, 11) is 0. The summed E-state index contributed by atoms with van der Waals surface area (Å²) in [4.78, 5) is 0. The minimum Gasteiger partial charge on any atom is -0.324 e. The summed E-state index contributed by atoms with van der Waals surface area (Å²) in [6.07, 6.45) is 2.34. The molecule has 0 radical (unpaired) electrons. The Kier molecular flexibility index (Phi) is 3.04. The molecule has 0 bridgehead atoms. The van der Waals surface area contributed by atoms with Crippen molar-refractivity contribution in [3.05, 3.63) is 35.9 Å². The van der Waals surface area contributed by atoms with E-state index in [1.165, 1.54) is 18.4 Å². The van der Waals surface area contributed by atoms with Crippen LogP contribution in [0, 0.1) is 0 Å². The predicted molar refractivity (Wildman–Crippen MR) is 68.5 cm³/mol. The Morgan fingerprint density at radius 2 is 1.88 bits per heavy atom. The van der Waals surface area contributed by atoms with Crippen LogP contribution >= 0.6 is 0 Å². The molecular weight excluding hydrogens is 196 g/mol. The molecule has 1 aromatic rings. The molecule has 2 nitrogen and oxygen atoms in total. The fraction of sp³-hybridized carbons (Fsp3) is 0.571. The van der Waals surface area contributed by atoms with Gasteiger partial charge in [0.25, 0.3) is 0 Å². The van der Waals surface area contributed by atoms with Crippen LogP contribution in [0.5, 0.6) is 0 Å². The molecule has 2 rings (SSSR count). The highest BCUT2D eigenvalue weighted by molar-refractivity contribution is 5.23. The summed E-state index contributed by atoms with van der Waals surface area (Å²) in [6, 6.07) is 10.6. The Balaban J connectivity index is 1.87. The maximum Gasteiger partial charge on any atom is 0.0282 e. The first kappa shape index (κ1) is 11.6. The van der Waals surface area contributed by atoms with Gasteiger partial charge in [-0.25, -0.2) is 0 Å². The number of hydrogen-bond donors (Lipinski definition) is 2. The van der Waals surface area contributed by atoms with Gasteiger partial charge in [-0.1, -0.05) is 44.2 Å². The van der Waals surface area contributed by atoms with Crippen molar-refractivity contribution in [2.45, 2.75) is 37.6 Å². The zero-order chi connectivity index (χ0) is 11.6. The van der Waals surface area contributed by atoms with E-state index in [2.05, 4.69) is 49.5 Å². The molecule has 16 heavy (non-hydrogen) atoms. The highest BCUT2D eigenvalue weighted by Gasteiger charge is 2.37. The van der Waals surface area contributed by atoms with Crippen molar-refractivity contribution in [2.24, 2.45) is 5.73 Å². The molecule has 0 aromatic heterocycles. The van der Waals surface area contributed by atoms with Gasteiger partial charge >= 0.3 is 0 Å². The molecule has 1 fully saturated rings. The molecule has 88 valence electrons. The van der Waals surface area contributed by atoms with Gasteiger partial charge in [0, 0.05) is 24.0 Å². The molecule has 0 amide bonds. The van der Waals surface area contributed by atoms with Crippen LogP contribution in [0.2, 0.25) is 0 Å². The molecule has 2 heteroatoms. The van der Waals surface area contributed by atoms with Gasteiger partial charge in [-0.3, -0.25) is 0 Å². The molecule has 1 aliphatic rings. The van der Waals surface area contributed by atoms with Gasteiger partial charge in [0.1, 0.15) is 0 Å². The Labute approximate surface area is 98.2 Å². The van der Waals surface area contributed by atoms with Crippen molar-refractivity contribution in [3.8, 4) is 0 Å². The van der Waals surface area contributed by atoms with E-state index in [4.69, 9.17) is 5.73 Å². The molecule has 0 saturated heterocycles. The normalized spacial score (nSPS) is 18.4. The van der Waals surface area contributed by atoms with E-state index in [-0.39, 0.29) is 11.0 Å². The van der Waals surface area contributed by atoms with E-state index in [1.807, 2.05) is 0 Å². The van der Waals surface area contributed by atoms with Gasteiger partial charge in [-0.15, -0.1) is 0 Å². The lowest BCUT2D eigenvalue weighted by Crippen LogP contribution is -2.41. The monoisotopic (exact) mass is 218 g/mol. The van der Waals surface area contributed by atoms with Crippen molar-refractivity contribution >= 4 is 0 Å². The van der Waals surface area contributed by atoms with Gasteiger partial charge in [0.15, 0.2) is 0 Å². The summed E-state index contributed by atoms with van der Waals surface area (Å²) in [5, 5.41) is 3.50. The molecule has 1 aliphatic carbocycles. The first-order chi connectivity index (χ1) is 7.52. The van der Waals surface area contributed by atoms with Crippen molar-refractivity contribution in [2.75, 3.05) is 13.1 Å². The smallest absolute Gasteiger partial charge is 0.0282 e. The lowest BCUT2D eigenvalue weighted by atomic mass is 9.84. The van der Waals surface area contributed by atoms with Gasteiger partial charge in [-0.05, 0) is 18.4 Å². The van der Waals surface area contributed by atoms with Gasteiger partial charge in [0.05, 0.1) is 0 Å². The molecule has 1 saturated carbocycles. The summed E-state index contributed by atoms with van der Waals surface area (Å²) < 4.78 is 0. The third-order valence-electron chi connectivity index (χ3n) is 3.49. The topological polar surface area (TPSA) is 38.0 Å². The van der Waals surface area contributed by atoms with Crippen LogP contribution in [0.25, 0.3) is 0 Å². The highest BCUT2D eigenvalue weighted by Crippen LogP contribution is 2.31. The lowest BCUT2D eigenvalue weighted by molar-refractivity contribution is 0.448. The molecule has 3 N–H and O–H groups in total. The molecule has 0 spiro atoms. The third kappa shape index (κ3) is 2.83. The van der Waals surface area contributed by atoms with Crippen LogP contribution in [-0.2, 0) is 5.41 Å². The fourth-order valence-corrected chi connectivity index (χ4v) is 1.95. The van der Waals surface area contributed by atoms with Crippen LogP contribution in [0.1, 0.15) is 32.3 Å². The number of rotatable bonds is 5. The third-order valence-corrected chi connectivity index (χ3v) is 3.49. The van der Waals surface area contributed by atoms with Crippen LogP contribution in [0.4, 0.5) is 0 Å². The van der Waals surface area contributed by atoms with Crippen molar-refractivity contribution in [1.82, 2.24) is 5.32 Å². The molecule has 0 heterocycles. The molecule has 0 atom stereocenters. The van der Waals surface area contributed by atoms with E-state index < -0.39 is 0 Å². The van der Waals surface area contributed by atoms with Gasteiger partial charge in [-0.2, -0.15) is 0 Å². The summed E-state index contributed by atoms with van der Waals surface area (Å²) in [5.41, 5.74) is 7.71. The second-order valence-corrected chi connectivity index (χ2v) is 5.72. The largest absolute Gasteiger partial charge is 0.324 e. The lowest BCUT2D eigenvalue weighted by Gasteiger charge is -2.26. The summed E-state index contributed by atoms with van der Waals surface area (Å²) in [6.45, 7) is 6.47. The average Bonchev–Trinajstić information content (AvgIpc) is 2.98. The first-order valence-electron chi connectivity index (χ1n) is 6.07. The first-order valence-corrected chi connectivity index (χ1v) is 6.07.